The summed E-state index contributed by atoms with van der Waals surface area (Å²) in [6, 6.07) is 15.1. The van der Waals surface area contributed by atoms with E-state index in [1.165, 1.54) is 6.92 Å². The first-order valence-corrected chi connectivity index (χ1v) is 12.2. The van der Waals surface area contributed by atoms with Gasteiger partial charge in [-0.3, -0.25) is 9.59 Å². The average Bonchev–Trinajstić information content (AvgIpc) is 3.31. The van der Waals surface area contributed by atoms with Crippen LogP contribution in [0.3, 0.4) is 0 Å². The number of nitrogens with two attached hydrogens (primary N) is 1. The Balaban J connectivity index is 1.86. The first kappa shape index (κ1) is 27.3. The summed E-state index contributed by atoms with van der Waals surface area (Å²) in [4.78, 5) is 45.8. The van der Waals surface area contributed by atoms with Crippen LogP contribution in [0.2, 0.25) is 0 Å². The van der Waals surface area contributed by atoms with E-state index in [-0.39, 0.29) is 19.6 Å². The number of amides is 3. The van der Waals surface area contributed by atoms with Crippen LogP contribution in [0, 0.1) is 0 Å². The molecule has 3 amide bonds. The number of carbonyl (C=O) groups is 3. The lowest BCUT2D eigenvalue weighted by molar-refractivity contribution is -0.141. The van der Waals surface area contributed by atoms with Crippen LogP contribution in [0.15, 0.2) is 65.8 Å². The highest BCUT2D eigenvalue weighted by atomic mass is 79.9. The average molecular weight is 561 g/mol. The summed E-state index contributed by atoms with van der Waals surface area (Å²) in [5.74, 6) is -1.53. The number of nitrogens with zero attached hydrogens (tertiary/aromatic N) is 2. The molecular formula is C25H29BrN4O6. The maximum Gasteiger partial charge on any atom is 0.417 e. The lowest BCUT2D eigenvalue weighted by Gasteiger charge is -2.31. The zero-order valence-electron chi connectivity index (χ0n) is 19.7. The summed E-state index contributed by atoms with van der Waals surface area (Å²) < 4.78 is 6.02. The number of aliphatic hydroxyl groups is 1. The minimum absolute atomic E-state index is 0.0110. The van der Waals surface area contributed by atoms with Crippen molar-refractivity contribution in [3.8, 4) is 0 Å². The van der Waals surface area contributed by atoms with Crippen LogP contribution in [0.25, 0.3) is 0 Å². The second kappa shape index (κ2) is 13.1. The fourth-order valence-electron chi connectivity index (χ4n) is 3.50. The number of benzene rings is 2. The number of rotatable bonds is 10. The number of halogens is 1. The molecule has 0 aromatic heterocycles. The minimum Gasteiger partial charge on any atom is -0.444 e. The van der Waals surface area contributed by atoms with E-state index in [4.69, 9.17) is 15.3 Å². The van der Waals surface area contributed by atoms with Crippen LogP contribution >= 0.6 is 15.9 Å². The van der Waals surface area contributed by atoms with Crippen LogP contribution in [0.5, 0.6) is 0 Å². The van der Waals surface area contributed by atoms with E-state index in [0.29, 0.717) is 27.1 Å². The molecule has 3 rings (SSSR count). The molecule has 1 aliphatic heterocycles. The Morgan fingerprint density at radius 1 is 1.17 bits per heavy atom. The van der Waals surface area contributed by atoms with Crippen molar-refractivity contribution in [1.82, 2.24) is 10.2 Å². The van der Waals surface area contributed by atoms with Crippen molar-refractivity contribution in [3.05, 3.63) is 71.8 Å². The first-order valence-electron chi connectivity index (χ1n) is 11.4. The number of ether oxygens (including phenoxy) is 1. The molecule has 0 saturated heterocycles. The molecule has 1 aliphatic rings. The number of nitrogens with one attached hydrogen (secondary N) is 1. The quantitative estimate of drug-likeness (QED) is 0.403. The van der Waals surface area contributed by atoms with E-state index in [0.717, 1.165) is 0 Å². The van der Waals surface area contributed by atoms with Crippen molar-refractivity contribution in [3.63, 3.8) is 0 Å². The van der Waals surface area contributed by atoms with Gasteiger partial charge in [0.25, 0.3) is 5.91 Å². The van der Waals surface area contributed by atoms with Crippen molar-refractivity contribution in [2.75, 3.05) is 6.54 Å². The molecule has 0 radical (unpaired) electrons. The normalized spacial score (nSPS) is 17.2. The van der Waals surface area contributed by atoms with Gasteiger partial charge in [0.15, 0.2) is 6.10 Å². The molecule has 0 bridgehead atoms. The minimum atomic E-state index is -1.44. The number of aliphatic hydroxyl groups excluding tert-OH is 1. The standard InChI is InChI=1S/C25H29BrN4O6/c1-16(31)22(27)24(33)30(25(34)35-15-18-10-6-3-7-11-18)20(12-17-8-4-2-5-9-17)23(32)28-14-19-13-21(26)29-36-19/h2-11,16,19-20,22,31H,12-15,27H2,1H3,(H,28,32)/t16-,19?,20+,22+/m1/s1. The summed E-state index contributed by atoms with van der Waals surface area (Å²) in [5, 5.41) is 16.5. The third-order valence-electron chi connectivity index (χ3n) is 5.53. The highest BCUT2D eigenvalue weighted by Crippen LogP contribution is 2.17. The second-order valence-electron chi connectivity index (χ2n) is 8.36. The maximum absolute atomic E-state index is 13.4. The van der Waals surface area contributed by atoms with Gasteiger partial charge in [0.1, 0.15) is 23.3 Å². The molecule has 2 aromatic carbocycles. The van der Waals surface area contributed by atoms with Gasteiger partial charge < -0.3 is 25.7 Å². The van der Waals surface area contributed by atoms with E-state index in [9.17, 15) is 19.5 Å². The highest BCUT2D eigenvalue weighted by Gasteiger charge is 2.40. The lowest BCUT2D eigenvalue weighted by atomic mass is 10.0. The molecule has 4 atom stereocenters. The monoisotopic (exact) mass is 560 g/mol. The van der Waals surface area contributed by atoms with Crippen molar-refractivity contribution in [2.24, 2.45) is 10.9 Å². The van der Waals surface area contributed by atoms with Gasteiger partial charge in [-0.15, -0.1) is 0 Å². The van der Waals surface area contributed by atoms with E-state index in [1.54, 1.807) is 48.5 Å². The largest absolute Gasteiger partial charge is 0.444 e. The number of imide groups is 1. The van der Waals surface area contributed by atoms with Crippen LogP contribution in [0.1, 0.15) is 24.5 Å². The molecule has 4 N–H and O–H groups in total. The molecule has 36 heavy (non-hydrogen) atoms. The SMILES string of the molecule is C[C@@H](O)[C@H](N)C(=O)N(C(=O)OCc1ccccc1)[C@@H](Cc1ccccc1)C(=O)NCC1CC(Br)=NO1. The molecule has 1 unspecified atom stereocenters. The van der Waals surface area contributed by atoms with Gasteiger partial charge in [-0.05, 0) is 34.0 Å². The van der Waals surface area contributed by atoms with Crippen LogP contribution < -0.4 is 11.1 Å². The molecule has 11 heteroatoms. The van der Waals surface area contributed by atoms with E-state index in [1.807, 2.05) is 12.1 Å². The molecule has 0 saturated carbocycles. The molecule has 192 valence electrons. The fourth-order valence-corrected chi connectivity index (χ4v) is 3.95. The Morgan fingerprint density at radius 2 is 1.78 bits per heavy atom. The summed E-state index contributed by atoms with van der Waals surface area (Å²) in [7, 11) is 0. The van der Waals surface area contributed by atoms with Gasteiger partial charge in [0.05, 0.1) is 12.6 Å². The highest BCUT2D eigenvalue weighted by molar-refractivity contribution is 9.18. The second-order valence-corrected chi connectivity index (χ2v) is 9.28. The molecule has 1 heterocycles. The van der Waals surface area contributed by atoms with Gasteiger partial charge >= 0.3 is 6.09 Å². The smallest absolute Gasteiger partial charge is 0.417 e. The van der Waals surface area contributed by atoms with Gasteiger partial charge in [-0.2, -0.15) is 0 Å². The molecular weight excluding hydrogens is 532 g/mol. The number of hydrogen-bond donors (Lipinski definition) is 3. The van der Waals surface area contributed by atoms with Crippen molar-refractivity contribution in [1.29, 1.82) is 0 Å². The van der Waals surface area contributed by atoms with Crippen LogP contribution in [-0.2, 0) is 32.2 Å². The molecule has 10 nitrogen and oxygen atoms in total. The third-order valence-corrected chi connectivity index (χ3v) is 6.00. The van der Waals surface area contributed by atoms with Crippen molar-refractivity contribution >= 4 is 38.5 Å². The molecule has 2 aromatic rings. The fraction of sp³-hybridized carbons (Fsp3) is 0.360. The zero-order chi connectivity index (χ0) is 26.1. The van der Waals surface area contributed by atoms with Gasteiger partial charge in [-0.1, -0.05) is 65.8 Å². The Labute approximate surface area is 217 Å². The third kappa shape index (κ3) is 7.61. The topological polar surface area (TPSA) is 144 Å². The van der Waals surface area contributed by atoms with E-state index < -0.39 is 42.2 Å². The summed E-state index contributed by atoms with van der Waals surface area (Å²) in [5.41, 5.74) is 7.31. The van der Waals surface area contributed by atoms with Crippen LogP contribution in [0.4, 0.5) is 4.79 Å². The maximum atomic E-state index is 13.4. The zero-order valence-corrected chi connectivity index (χ0v) is 21.3. The van der Waals surface area contributed by atoms with Gasteiger partial charge in [-0.25, -0.2) is 9.69 Å². The summed E-state index contributed by atoms with van der Waals surface area (Å²) >= 11 is 3.25. The van der Waals surface area contributed by atoms with Crippen molar-refractivity contribution < 1.29 is 29.1 Å². The predicted octanol–water partition coefficient (Wildman–Crippen LogP) is 2.08. The summed E-state index contributed by atoms with van der Waals surface area (Å²) in [6.45, 7) is 1.32. The summed E-state index contributed by atoms with van der Waals surface area (Å²) in [6.07, 6.45) is -2.22. The van der Waals surface area contributed by atoms with Gasteiger partial charge in [0, 0.05) is 12.8 Å². The van der Waals surface area contributed by atoms with E-state index >= 15 is 0 Å². The Morgan fingerprint density at radius 3 is 2.33 bits per heavy atom. The Bertz CT molecular complexity index is 1070. The Hall–Kier alpha value is -3.28. The molecule has 0 fully saturated rings. The lowest BCUT2D eigenvalue weighted by Crippen LogP contribution is -2.59. The van der Waals surface area contributed by atoms with Crippen LogP contribution in [-0.4, -0.2) is 63.4 Å². The Kier molecular flexibility index (Phi) is 9.97. The van der Waals surface area contributed by atoms with Crippen molar-refractivity contribution in [2.45, 2.75) is 50.7 Å². The van der Waals surface area contributed by atoms with E-state index in [2.05, 4.69) is 26.4 Å². The number of carbonyl (C=O) groups excluding carboxylic acids is 3. The molecule has 0 spiro atoms. The number of hydrogen-bond acceptors (Lipinski definition) is 8. The number of oxime groups is 1. The van der Waals surface area contributed by atoms with Gasteiger partial charge in [0.2, 0.25) is 5.91 Å². The first-order chi connectivity index (χ1) is 17.3. The molecule has 0 aliphatic carbocycles. The predicted molar refractivity (Wildman–Crippen MR) is 136 cm³/mol.